The van der Waals surface area contributed by atoms with E-state index in [2.05, 4.69) is 10.3 Å². The summed E-state index contributed by atoms with van der Waals surface area (Å²) < 4.78 is 13.8. The first-order valence-electron chi connectivity index (χ1n) is 5.67. The Morgan fingerprint density at radius 2 is 2.00 bits per heavy atom. The molecule has 0 aliphatic heterocycles. The summed E-state index contributed by atoms with van der Waals surface area (Å²) in [6.45, 7) is 0. The molecule has 0 saturated carbocycles. The molecule has 0 fully saturated rings. The molecule has 2 rings (SSSR count). The molecule has 0 saturated heterocycles. The molecule has 18 heavy (non-hydrogen) atoms. The van der Waals surface area contributed by atoms with Crippen LogP contribution in [0.2, 0.25) is 0 Å². The van der Waals surface area contributed by atoms with E-state index in [9.17, 15) is 4.39 Å². The largest absolute Gasteiger partial charge is 0.309 e. The third-order valence-corrected chi connectivity index (χ3v) is 3.67. The van der Waals surface area contributed by atoms with Gasteiger partial charge < -0.3 is 5.32 Å². The normalized spacial score (nSPS) is 12.4. The van der Waals surface area contributed by atoms with E-state index < -0.39 is 0 Å². The number of benzene rings is 1. The zero-order chi connectivity index (χ0) is 13.0. The number of nitrogens with zero attached hydrogens (tertiary/aromatic N) is 1. The lowest BCUT2D eigenvalue weighted by Crippen LogP contribution is -2.19. The second-order valence-electron chi connectivity index (χ2n) is 3.86. The Labute approximate surface area is 111 Å². The minimum absolute atomic E-state index is 0.156. The Morgan fingerprint density at radius 3 is 2.67 bits per heavy atom. The van der Waals surface area contributed by atoms with Gasteiger partial charge in [0, 0.05) is 16.7 Å². The van der Waals surface area contributed by atoms with Gasteiger partial charge in [-0.3, -0.25) is 4.98 Å². The van der Waals surface area contributed by atoms with Crippen molar-refractivity contribution in [1.29, 1.82) is 0 Å². The fraction of sp³-hybridized carbons (Fsp3) is 0.214. The van der Waals surface area contributed by atoms with E-state index in [1.54, 1.807) is 24.0 Å². The van der Waals surface area contributed by atoms with Crippen molar-refractivity contribution < 1.29 is 4.39 Å². The molecule has 0 bridgehead atoms. The number of rotatable bonds is 4. The molecule has 0 aliphatic rings. The summed E-state index contributed by atoms with van der Waals surface area (Å²) in [4.78, 5) is 4.94. The SMILES string of the molecule is CNC(c1ccncc1F)c1ccccc1SC. The summed E-state index contributed by atoms with van der Waals surface area (Å²) in [5, 5.41) is 3.17. The second-order valence-corrected chi connectivity index (χ2v) is 4.71. The molecule has 1 aromatic carbocycles. The topological polar surface area (TPSA) is 24.9 Å². The zero-order valence-electron chi connectivity index (χ0n) is 10.4. The van der Waals surface area contributed by atoms with Crippen LogP contribution in [0, 0.1) is 5.82 Å². The van der Waals surface area contributed by atoms with Crippen molar-refractivity contribution in [3.63, 3.8) is 0 Å². The number of thioether (sulfide) groups is 1. The molecular weight excluding hydrogens is 247 g/mol. The number of halogens is 1. The van der Waals surface area contributed by atoms with Crippen LogP contribution in [0.1, 0.15) is 17.2 Å². The van der Waals surface area contributed by atoms with Crippen molar-refractivity contribution in [3.8, 4) is 0 Å². The lowest BCUT2D eigenvalue weighted by molar-refractivity contribution is 0.568. The summed E-state index contributed by atoms with van der Waals surface area (Å²) in [6.07, 6.45) is 4.89. The number of hydrogen-bond acceptors (Lipinski definition) is 3. The molecule has 0 spiro atoms. The van der Waals surface area contributed by atoms with Gasteiger partial charge in [0.05, 0.1) is 12.2 Å². The lowest BCUT2D eigenvalue weighted by Gasteiger charge is -2.20. The Morgan fingerprint density at radius 1 is 1.22 bits per heavy atom. The van der Waals surface area contributed by atoms with E-state index in [-0.39, 0.29) is 11.9 Å². The first kappa shape index (κ1) is 13.1. The standard InChI is InChI=1S/C14H15FN2S/c1-16-14(10-7-8-17-9-12(10)15)11-5-3-4-6-13(11)18-2/h3-9,14,16H,1-2H3. The van der Waals surface area contributed by atoms with Gasteiger partial charge >= 0.3 is 0 Å². The highest BCUT2D eigenvalue weighted by Crippen LogP contribution is 2.30. The highest BCUT2D eigenvalue weighted by atomic mass is 32.2. The van der Waals surface area contributed by atoms with Crippen LogP contribution in [0.15, 0.2) is 47.6 Å². The Kier molecular flexibility index (Phi) is 4.33. The van der Waals surface area contributed by atoms with Crippen molar-refractivity contribution in [2.75, 3.05) is 13.3 Å². The van der Waals surface area contributed by atoms with Gasteiger partial charge in [-0.2, -0.15) is 0 Å². The van der Waals surface area contributed by atoms with Crippen LogP contribution in [-0.4, -0.2) is 18.3 Å². The fourth-order valence-electron chi connectivity index (χ4n) is 2.00. The van der Waals surface area contributed by atoms with Gasteiger partial charge in [-0.15, -0.1) is 11.8 Å². The average molecular weight is 262 g/mol. The molecule has 0 amide bonds. The molecule has 1 aromatic heterocycles. The molecule has 0 radical (unpaired) electrons. The van der Waals surface area contributed by atoms with Gasteiger partial charge in [0.15, 0.2) is 0 Å². The van der Waals surface area contributed by atoms with Gasteiger partial charge in [0.2, 0.25) is 0 Å². The summed E-state index contributed by atoms with van der Waals surface area (Å²) >= 11 is 1.66. The molecule has 1 unspecified atom stereocenters. The monoisotopic (exact) mass is 262 g/mol. The summed E-state index contributed by atoms with van der Waals surface area (Å²) in [7, 11) is 1.83. The van der Waals surface area contributed by atoms with Gasteiger partial charge in [-0.05, 0) is 31.0 Å². The van der Waals surface area contributed by atoms with Crippen molar-refractivity contribution in [3.05, 3.63) is 59.7 Å². The van der Waals surface area contributed by atoms with Crippen molar-refractivity contribution in [2.24, 2.45) is 0 Å². The van der Waals surface area contributed by atoms with E-state index in [0.717, 1.165) is 10.5 Å². The lowest BCUT2D eigenvalue weighted by atomic mass is 9.99. The van der Waals surface area contributed by atoms with Crippen LogP contribution in [0.4, 0.5) is 4.39 Å². The predicted molar refractivity (Wildman–Crippen MR) is 73.3 cm³/mol. The summed E-state index contributed by atoms with van der Waals surface area (Å²) in [5.74, 6) is -0.284. The van der Waals surface area contributed by atoms with Gasteiger partial charge in [0.25, 0.3) is 0 Å². The van der Waals surface area contributed by atoms with E-state index in [1.165, 1.54) is 6.20 Å². The van der Waals surface area contributed by atoms with Crippen molar-refractivity contribution >= 4 is 11.8 Å². The Bertz CT molecular complexity index is 531. The number of pyridine rings is 1. The molecule has 1 N–H and O–H groups in total. The van der Waals surface area contributed by atoms with Crippen LogP contribution >= 0.6 is 11.8 Å². The highest BCUT2D eigenvalue weighted by molar-refractivity contribution is 7.98. The molecular formula is C14H15FN2S. The van der Waals surface area contributed by atoms with Crippen molar-refractivity contribution in [1.82, 2.24) is 10.3 Å². The van der Waals surface area contributed by atoms with Crippen LogP contribution < -0.4 is 5.32 Å². The van der Waals surface area contributed by atoms with E-state index >= 15 is 0 Å². The first-order chi connectivity index (χ1) is 8.77. The molecule has 4 heteroatoms. The third-order valence-electron chi connectivity index (χ3n) is 2.85. The molecule has 2 aromatic rings. The Hall–Kier alpha value is -1.39. The molecule has 94 valence electrons. The quantitative estimate of drug-likeness (QED) is 0.856. The van der Waals surface area contributed by atoms with Crippen LogP contribution in [0.5, 0.6) is 0 Å². The molecule has 1 heterocycles. The number of hydrogen-bond donors (Lipinski definition) is 1. The fourth-order valence-corrected chi connectivity index (χ4v) is 2.64. The maximum Gasteiger partial charge on any atom is 0.146 e. The maximum atomic E-state index is 13.8. The van der Waals surface area contributed by atoms with E-state index in [0.29, 0.717) is 5.56 Å². The zero-order valence-corrected chi connectivity index (χ0v) is 11.2. The van der Waals surface area contributed by atoms with Gasteiger partial charge in [-0.25, -0.2) is 4.39 Å². The maximum absolute atomic E-state index is 13.8. The summed E-state index contributed by atoms with van der Waals surface area (Å²) in [6, 6.07) is 9.59. The van der Waals surface area contributed by atoms with E-state index in [4.69, 9.17) is 0 Å². The average Bonchev–Trinajstić information content (AvgIpc) is 2.42. The van der Waals surface area contributed by atoms with Crippen LogP contribution in [0.3, 0.4) is 0 Å². The number of nitrogens with one attached hydrogen (secondary N) is 1. The second kappa shape index (κ2) is 5.98. The van der Waals surface area contributed by atoms with E-state index in [1.807, 2.05) is 37.6 Å². The third kappa shape index (κ3) is 2.54. The summed E-state index contributed by atoms with van der Waals surface area (Å²) in [5.41, 5.74) is 1.70. The minimum atomic E-state index is -0.284. The predicted octanol–water partition coefficient (Wildman–Crippen LogP) is 3.25. The number of aromatic nitrogens is 1. The van der Waals surface area contributed by atoms with Crippen LogP contribution in [-0.2, 0) is 0 Å². The molecule has 1 atom stereocenters. The Balaban J connectivity index is 2.49. The smallest absolute Gasteiger partial charge is 0.146 e. The molecule has 0 aliphatic carbocycles. The van der Waals surface area contributed by atoms with Gasteiger partial charge in [0.1, 0.15) is 5.82 Å². The highest BCUT2D eigenvalue weighted by Gasteiger charge is 2.18. The van der Waals surface area contributed by atoms with Crippen LogP contribution in [0.25, 0.3) is 0 Å². The molecule has 2 nitrogen and oxygen atoms in total. The van der Waals surface area contributed by atoms with Gasteiger partial charge in [-0.1, -0.05) is 18.2 Å². The minimum Gasteiger partial charge on any atom is -0.309 e. The van der Waals surface area contributed by atoms with Crippen molar-refractivity contribution in [2.45, 2.75) is 10.9 Å². The first-order valence-corrected chi connectivity index (χ1v) is 6.90.